The van der Waals surface area contributed by atoms with Gasteiger partial charge in [-0.1, -0.05) is 18.4 Å². The van der Waals surface area contributed by atoms with Crippen LogP contribution in [0, 0.1) is 40.4 Å². The molecule has 0 heterocycles. The molecule has 0 aromatic carbocycles. The number of carbonyl (C=O) groups is 1. The van der Waals surface area contributed by atoms with E-state index in [1.807, 2.05) is 13.0 Å². The molecule has 0 amide bonds. The van der Waals surface area contributed by atoms with Crippen molar-refractivity contribution in [2.75, 3.05) is 6.61 Å². The minimum atomic E-state index is -0.859. The van der Waals surface area contributed by atoms with E-state index in [4.69, 9.17) is 0 Å². The van der Waals surface area contributed by atoms with Gasteiger partial charge in [-0.25, -0.2) is 0 Å². The number of aliphatic hydroxyl groups excluding tert-OH is 1. The van der Waals surface area contributed by atoms with Crippen molar-refractivity contribution in [3.05, 3.63) is 11.6 Å². The van der Waals surface area contributed by atoms with Crippen LogP contribution in [0.15, 0.2) is 11.6 Å². The fraction of sp³-hybridized carbons (Fsp3) is 0.773. The van der Waals surface area contributed by atoms with Crippen LogP contribution in [0.1, 0.15) is 65.2 Å². The molecule has 4 rings (SSSR count). The molecule has 0 aliphatic heterocycles. The molecule has 0 radical (unpaired) electrons. The van der Waals surface area contributed by atoms with Crippen molar-refractivity contribution in [1.82, 2.24) is 0 Å². The van der Waals surface area contributed by atoms with E-state index in [0.717, 1.165) is 44.9 Å². The van der Waals surface area contributed by atoms with Crippen molar-refractivity contribution in [3.63, 3.8) is 0 Å². The Morgan fingerprint density at radius 1 is 1.16 bits per heavy atom. The van der Waals surface area contributed by atoms with Crippen LogP contribution in [0.25, 0.3) is 0 Å². The Morgan fingerprint density at radius 2 is 1.92 bits per heavy atom. The number of carbonyl (C=O) groups excluding carboxylic acids is 1. The fourth-order valence-corrected chi connectivity index (χ4v) is 7.09. The Bertz CT molecular complexity index is 683. The molecule has 3 saturated carbocycles. The first-order valence-corrected chi connectivity index (χ1v) is 9.91. The van der Waals surface area contributed by atoms with E-state index in [1.54, 1.807) is 0 Å². The van der Waals surface area contributed by atoms with Gasteiger partial charge in [-0.05, 0) is 75.7 Å². The van der Waals surface area contributed by atoms with Crippen molar-refractivity contribution < 1.29 is 15.0 Å². The van der Waals surface area contributed by atoms with Gasteiger partial charge in [0.1, 0.15) is 5.60 Å². The van der Waals surface area contributed by atoms with E-state index in [9.17, 15) is 15.0 Å². The molecule has 6 atom stereocenters. The van der Waals surface area contributed by atoms with Crippen LogP contribution in [0.3, 0.4) is 0 Å². The molecular weight excluding hydrogens is 312 g/mol. The molecular formula is C22H30O3. The van der Waals surface area contributed by atoms with Crippen LogP contribution in [-0.2, 0) is 4.79 Å². The SMILES string of the molecule is CC#C[C@]1(O)CC[C@H]2[C@@H]3CCC4=CC(=O)CC[C@]4(CO)[C@H]3CC[C@@]21C. The Morgan fingerprint density at radius 3 is 2.64 bits per heavy atom. The molecule has 2 N–H and O–H groups in total. The summed E-state index contributed by atoms with van der Waals surface area (Å²) >= 11 is 0. The van der Waals surface area contributed by atoms with Gasteiger partial charge in [-0.3, -0.25) is 4.79 Å². The van der Waals surface area contributed by atoms with Crippen molar-refractivity contribution in [3.8, 4) is 11.8 Å². The zero-order chi connectivity index (χ0) is 17.9. The summed E-state index contributed by atoms with van der Waals surface area (Å²) in [4.78, 5) is 11.9. The van der Waals surface area contributed by atoms with Crippen LogP contribution in [0.5, 0.6) is 0 Å². The maximum atomic E-state index is 11.9. The van der Waals surface area contributed by atoms with Crippen LogP contribution < -0.4 is 0 Å². The maximum absolute atomic E-state index is 11.9. The standard InChI is InChI=1S/C22H30O3/c1-3-9-22(25)12-8-18-17-5-4-15-13-16(24)6-11-21(15,14-23)19(17)7-10-20(18,22)2/h13,17-19,23,25H,4-8,10-12,14H2,1-2H3/t17-,18-,19-,20-,21+,22-/m0/s1. The zero-order valence-electron chi connectivity index (χ0n) is 15.5. The molecule has 0 bridgehead atoms. The molecule has 0 spiro atoms. The van der Waals surface area contributed by atoms with Crippen LogP contribution in [-0.4, -0.2) is 28.2 Å². The topological polar surface area (TPSA) is 57.5 Å². The van der Waals surface area contributed by atoms with Crippen LogP contribution in [0.2, 0.25) is 0 Å². The van der Waals surface area contributed by atoms with Gasteiger partial charge in [0.05, 0.1) is 6.61 Å². The number of ketones is 1. The fourth-order valence-electron chi connectivity index (χ4n) is 7.09. The summed E-state index contributed by atoms with van der Waals surface area (Å²) in [5.41, 5.74) is 0.0229. The second-order valence-corrected chi connectivity index (χ2v) is 9.10. The Labute approximate surface area is 150 Å². The quantitative estimate of drug-likeness (QED) is 0.719. The summed E-state index contributed by atoms with van der Waals surface area (Å²) in [6, 6.07) is 0. The van der Waals surface area contributed by atoms with E-state index < -0.39 is 5.60 Å². The maximum Gasteiger partial charge on any atom is 0.155 e. The van der Waals surface area contributed by atoms with Crippen molar-refractivity contribution in [2.24, 2.45) is 28.6 Å². The average molecular weight is 342 g/mol. The number of hydrogen-bond acceptors (Lipinski definition) is 3. The van der Waals surface area contributed by atoms with Crippen LogP contribution >= 0.6 is 0 Å². The highest BCUT2D eigenvalue weighted by atomic mass is 16.3. The van der Waals surface area contributed by atoms with Crippen molar-refractivity contribution in [2.45, 2.75) is 70.8 Å². The third kappa shape index (κ3) is 2.17. The smallest absolute Gasteiger partial charge is 0.155 e. The van der Waals surface area contributed by atoms with Gasteiger partial charge in [0.25, 0.3) is 0 Å². The predicted molar refractivity (Wildman–Crippen MR) is 96.5 cm³/mol. The highest BCUT2D eigenvalue weighted by Crippen LogP contribution is 2.67. The van der Waals surface area contributed by atoms with Crippen molar-refractivity contribution in [1.29, 1.82) is 0 Å². The first kappa shape index (κ1) is 17.3. The Balaban J connectivity index is 1.71. The van der Waals surface area contributed by atoms with E-state index in [-0.39, 0.29) is 23.2 Å². The molecule has 0 aromatic rings. The van der Waals surface area contributed by atoms with Gasteiger partial charge < -0.3 is 10.2 Å². The molecule has 136 valence electrons. The molecule has 4 aliphatic carbocycles. The molecule has 3 fully saturated rings. The van der Waals surface area contributed by atoms with Gasteiger partial charge >= 0.3 is 0 Å². The first-order chi connectivity index (χ1) is 11.9. The zero-order valence-corrected chi connectivity index (χ0v) is 15.5. The number of hydrogen-bond donors (Lipinski definition) is 2. The number of aliphatic hydroxyl groups is 2. The monoisotopic (exact) mass is 342 g/mol. The largest absolute Gasteiger partial charge is 0.395 e. The van der Waals surface area contributed by atoms with Crippen molar-refractivity contribution >= 4 is 5.78 Å². The molecule has 0 saturated heterocycles. The lowest BCUT2D eigenvalue weighted by Gasteiger charge is -2.59. The second kappa shape index (κ2) is 5.69. The normalized spacial score (nSPS) is 48.6. The number of rotatable bonds is 1. The van der Waals surface area contributed by atoms with Gasteiger partial charge in [0.2, 0.25) is 0 Å². The minimum Gasteiger partial charge on any atom is -0.395 e. The summed E-state index contributed by atoms with van der Waals surface area (Å²) in [5, 5.41) is 21.6. The lowest BCUT2D eigenvalue weighted by Crippen LogP contribution is -2.56. The molecule has 25 heavy (non-hydrogen) atoms. The molecule has 3 nitrogen and oxygen atoms in total. The second-order valence-electron chi connectivity index (χ2n) is 9.10. The van der Waals surface area contributed by atoms with E-state index >= 15 is 0 Å². The van der Waals surface area contributed by atoms with E-state index in [0.29, 0.717) is 24.2 Å². The predicted octanol–water partition coefficient (Wildman–Crippen LogP) is 3.25. The molecule has 0 unspecified atom stereocenters. The van der Waals surface area contributed by atoms with Gasteiger partial charge in [-0.2, -0.15) is 0 Å². The Hall–Kier alpha value is -1.11. The third-order valence-electron chi connectivity index (χ3n) is 8.45. The first-order valence-electron chi connectivity index (χ1n) is 9.91. The highest BCUT2D eigenvalue weighted by Gasteiger charge is 2.64. The number of fused-ring (bicyclic) bond motifs is 5. The van der Waals surface area contributed by atoms with Gasteiger partial charge in [0, 0.05) is 17.3 Å². The van der Waals surface area contributed by atoms with Crippen LogP contribution in [0.4, 0.5) is 0 Å². The molecule has 3 heteroatoms. The third-order valence-corrected chi connectivity index (χ3v) is 8.45. The summed E-state index contributed by atoms with van der Waals surface area (Å²) < 4.78 is 0. The lowest BCUT2D eigenvalue weighted by atomic mass is 9.46. The summed E-state index contributed by atoms with van der Waals surface area (Å²) in [7, 11) is 0. The summed E-state index contributed by atoms with van der Waals surface area (Å²) in [6.07, 6.45) is 9.02. The molecule has 0 aromatic heterocycles. The summed E-state index contributed by atoms with van der Waals surface area (Å²) in [5.74, 6) is 7.78. The summed E-state index contributed by atoms with van der Waals surface area (Å²) in [6.45, 7) is 4.22. The van der Waals surface area contributed by atoms with E-state index in [1.165, 1.54) is 5.57 Å². The highest BCUT2D eigenvalue weighted by molar-refractivity contribution is 5.91. The van der Waals surface area contributed by atoms with Gasteiger partial charge in [0.15, 0.2) is 5.78 Å². The average Bonchev–Trinajstić information content (AvgIpc) is 2.86. The Kier molecular flexibility index (Phi) is 3.94. The molecule has 4 aliphatic rings. The van der Waals surface area contributed by atoms with E-state index in [2.05, 4.69) is 18.8 Å². The minimum absolute atomic E-state index is 0.139. The van der Waals surface area contributed by atoms with Gasteiger partial charge in [-0.15, -0.1) is 5.92 Å². The lowest BCUT2D eigenvalue weighted by molar-refractivity contribution is -0.123.